The molecular formula is C21H27N2OS. The van der Waals surface area contributed by atoms with E-state index < -0.39 is 0 Å². The first-order valence-electron chi connectivity index (χ1n) is 8.97. The fraction of sp³-hybridized carbons (Fsp3) is 0.524. The molecule has 2 heterocycles. The molecule has 1 radical (unpaired) electrons. The third-order valence-corrected chi connectivity index (χ3v) is 7.17. The van der Waals surface area contributed by atoms with Crippen LogP contribution in [-0.2, 0) is 15.6 Å². The molecule has 0 aliphatic heterocycles. The summed E-state index contributed by atoms with van der Waals surface area (Å²) in [4.78, 5) is 19.1. The summed E-state index contributed by atoms with van der Waals surface area (Å²) in [6.45, 7) is 14.7. The highest BCUT2D eigenvalue weighted by atomic mass is 32.1. The molecule has 0 saturated heterocycles. The van der Waals surface area contributed by atoms with Crippen LogP contribution in [0.3, 0.4) is 0 Å². The predicted octanol–water partition coefficient (Wildman–Crippen LogP) is 5.42. The molecule has 0 saturated carbocycles. The maximum atomic E-state index is 10.8. The lowest BCUT2D eigenvalue weighted by molar-refractivity contribution is 0.337. The Bertz CT molecular complexity index is 787. The van der Waals surface area contributed by atoms with Crippen molar-refractivity contribution in [1.82, 2.24) is 4.98 Å². The SMILES string of the molecule is CCN(c1ccc([C]=O)cn1)c1sc2c(c1C)C(C)(C)CCC2(C)C. The summed E-state index contributed by atoms with van der Waals surface area (Å²) in [7, 11) is 0. The number of carbonyl (C=O) groups excluding carboxylic acids is 1. The van der Waals surface area contributed by atoms with Crippen LogP contribution in [0.1, 0.15) is 69.0 Å². The second kappa shape index (κ2) is 6.24. The third kappa shape index (κ3) is 3.01. The third-order valence-electron chi connectivity index (χ3n) is 5.49. The van der Waals surface area contributed by atoms with Gasteiger partial charge in [-0.3, -0.25) is 4.79 Å². The molecule has 133 valence electrons. The van der Waals surface area contributed by atoms with Crippen LogP contribution in [0.2, 0.25) is 0 Å². The van der Waals surface area contributed by atoms with Crippen molar-refractivity contribution in [3.8, 4) is 0 Å². The number of hydrogen-bond acceptors (Lipinski definition) is 4. The van der Waals surface area contributed by atoms with Crippen molar-refractivity contribution in [2.45, 2.75) is 65.2 Å². The maximum Gasteiger partial charge on any atom is 0.235 e. The number of fused-ring (bicyclic) bond motifs is 1. The van der Waals surface area contributed by atoms with Crippen molar-refractivity contribution in [2.24, 2.45) is 0 Å². The van der Waals surface area contributed by atoms with Gasteiger partial charge in [-0.2, -0.15) is 0 Å². The Balaban J connectivity index is 2.13. The maximum absolute atomic E-state index is 10.8. The molecule has 25 heavy (non-hydrogen) atoms. The highest BCUT2D eigenvalue weighted by molar-refractivity contribution is 7.16. The van der Waals surface area contributed by atoms with Crippen LogP contribution < -0.4 is 4.90 Å². The summed E-state index contributed by atoms with van der Waals surface area (Å²) in [6.07, 6.45) is 5.94. The minimum Gasteiger partial charge on any atom is -0.318 e. The second-order valence-corrected chi connectivity index (χ2v) is 9.25. The van der Waals surface area contributed by atoms with Crippen molar-refractivity contribution < 1.29 is 4.79 Å². The van der Waals surface area contributed by atoms with Crippen LogP contribution in [0.15, 0.2) is 18.3 Å². The van der Waals surface area contributed by atoms with E-state index >= 15 is 0 Å². The van der Waals surface area contributed by atoms with Gasteiger partial charge in [-0.15, -0.1) is 11.3 Å². The van der Waals surface area contributed by atoms with Gasteiger partial charge in [0.25, 0.3) is 0 Å². The molecule has 3 nitrogen and oxygen atoms in total. The van der Waals surface area contributed by atoms with Crippen LogP contribution in [0.25, 0.3) is 0 Å². The van der Waals surface area contributed by atoms with E-state index in [0.717, 1.165) is 12.4 Å². The Morgan fingerprint density at radius 1 is 1.20 bits per heavy atom. The van der Waals surface area contributed by atoms with Gasteiger partial charge in [0.15, 0.2) is 0 Å². The first kappa shape index (κ1) is 18.1. The topological polar surface area (TPSA) is 33.2 Å². The molecule has 0 bridgehead atoms. The fourth-order valence-electron chi connectivity index (χ4n) is 3.93. The lowest BCUT2D eigenvalue weighted by atomic mass is 9.66. The van der Waals surface area contributed by atoms with Gasteiger partial charge in [-0.1, -0.05) is 27.7 Å². The van der Waals surface area contributed by atoms with E-state index in [1.165, 1.54) is 33.8 Å². The van der Waals surface area contributed by atoms with Gasteiger partial charge in [-0.25, -0.2) is 4.98 Å². The van der Waals surface area contributed by atoms with E-state index in [-0.39, 0.29) is 10.8 Å². The van der Waals surface area contributed by atoms with E-state index in [2.05, 4.69) is 51.4 Å². The summed E-state index contributed by atoms with van der Waals surface area (Å²) in [6, 6.07) is 3.70. The van der Waals surface area contributed by atoms with E-state index in [1.807, 2.05) is 23.7 Å². The van der Waals surface area contributed by atoms with Gasteiger partial charge in [0.1, 0.15) is 5.82 Å². The van der Waals surface area contributed by atoms with E-state index in [0.29, 0.717) is 5.56 Å². The molecule has 3 rings (SSSR count). The monoisotopic (exact) mass is 355 g/mol. The quantitative estimate of drug-likeness (QED) is 0.734. The second-order valence-electron chi connectivity index (χ2n) is 8.26. The molecule has 2 aromatic rings. The molecule has 0 atom stereocenters. The lowest BCUT2D eigenvalue weighted by Crippen LogP contribution is -2.32. The number of aromatic nitrogens is 1. The Morgan fingerprint density at radius 3 is 2.40 bits per heavy atom. The van der Waals surface area contributed by atoms with Crippen LogP contribution in [0.5, 0.6) is 0 Å². The Morgan fingerprint density at radius 2 is 1.88 bits per heavy atom. The first-order chi connectivity index (χ1) is 11.7. The molecule has 2 aromatic heterocycles. The van der Waals surface area contributed by atoms with E-state index in [1.54, 1.807) is 12.3 Å². The first-order valence-corrected chi connectivity index (χ1v) is 9.79. The van der Waals surface area contributed by atoms with Gasteiger partial charge in [0, 0.05) is 23.2 Å². The zero-order valence-electron chi connectivity index (χ0n) is 16.1. The molecule has 0 aromatic carbocycles. The number of anilines is 2. The van der Waals surface area contributed by atoms with Crippen molar-refractivity contribution in [3.05, 3.63) is 39.9 Å². The molecule has 0 unspecified atom stereocenters. The van der Waals surface area contributed by atoms with Crippen LogP contribution in [0, 0.1) is 6.92 Å². The lowest BCUT2D eigenvalue weighted by Gasteiger charge is -2.39. The normalized spacial score (nSPS) is 17.8. The minimum atomic E-state index is 0.215. The number of nitrogens with zero attached hydrogens (tertiary/aromatic N) is 2. The molecule has 0 N–H and O–H groups in total. The van der Waals surface area contributed by atoms with Crippen LogP contribution in [0.4, 0.5) is 10.8 Å². The molecule has 4 heteroatoms. The number of pyridine rings is 1. The highest BCUT2D eigenvalue weighted by Gasteiger charge is 2.41. The average molecular weight is 356 g/mol. The number of rotatable bonds is 4. The van der Waals surface area contributed by atoms with Crippen LogP contribution in [-0.4, -0.2) is 17.8 Å². The van der Waals surface area contributed by atoms with Gasteiger partial charge >= 0.3 is 0 Å². The predicted molar refractivity (Wildman–Crippen MR) is 106 cm³/mol. The molecule has 1 aliphatic rings. The fourth-order valence-corrected chi connectivity index (χ4v) is 5.62. The largest absolute Gasteiger partial charge is 0.318 e. The number of hydrogen-bond donors (Lipinski definition) is 0. The Labute approximate surface area is 155 Å². The van der Waals surface area contributed by atoms with Gasteiger partial charge < -0.3 is 4.90 Å². The summed E-state index contributed by atoms with van der Waals surface area (Å²) < 4.78 is 0. The Kier molecular flexibility index (Phi) is 4.52. The van der Waals surface area contributed by atoms with Crippen molar-refractivity contribution in [2.75, 3.05) is 11.4 Å². The smallest absolute Gasteiger partial charge is 0.235 e. The van der Waals surface area contributed by atoms with Crippen molar-refractivity contribution >= 4 is 28.4 Å². The van der Waals surface area contributed by atoms with Gasteiger partial charge in [0.2, 0.25) is 6.29 Å². The Hall–Kier alpha value is -1.68. The van der Waals surface area contributed by atoms with Gasteiger partial charge in [-0.05, 0) is 60.8 Å². The van der Waals surface area contributed by atoms with Crippen LogP contribution >= 0.6 is 11.3 Å². The van der Waals surface area contributed by atoms with E-state index in [4.69, 9.17) is 0 Å². The van der Waals surface area contributed by atoms with E-state index in [9.17, 15) is 4.79 Å². The molecular weight excluding hydrogens is 328 g/mol. The molecule has 0 amide bonds. The molecule has 0 spiro atoms. The van der Waals surface area contributed by atoms with Crippen molar-refractivity contribution in [3.63, 3.8) is 0 Å². The summed E-state index contributed by atoms with van der Waals surface area (Å²) in [5.74, 6) is 0.888. The summed E-state index contributed by atoms with van der Waals surface area (Å²) >= 11 is 1.92. The zero-order chi connectivity index (χ0) is 18.4. The zero-order valence-corrected chi connectivity index (χ0v) is 16.9. The summed E-state index contributed by atoms with van der Waals surface area (Å²) in [5.41, 5.74) is 3.84. The minimum absolute atomic E-state index is 0.215. The molecule has 1 aliphatic carbocycles. The van der Waals surface area contributed by atoms with Crippen molar-refractivity contribution in [1.29, 1.82) is 0 Å². The average Bonchev–Trinajstić information content (AvgIpc) is 2.93. The van der Waals surface area contributed by atoms with Gasteiger partial charge in [0.05, 0.1) is 5.00 Å². The summed E-state index contributed by atoms with van der Waals surface area (Å²) in [5, 5.41) is 1.28. The standard InChI is InChI=1S/C21H27N2OS/c1-7-23(16-9-8-15(13-24)12-22-16)19-14(2)17-18(25-19)21(5,6)11-10-20(17,3)4/h8-9,12H,7,10-11H2,1-6H3. The highest BCUT2D eigenvalue weighted by Crippen LogP contribution is 2.54. The molecule has 0 fully saturated rings. The number of thiophene rings is 1.